The zero-order chi connectivity index (χ0) is 18.2. The van der Waals surface area contributed by atoms with E-state index in [1.165, 1.54) is 11.6 Å². The van der Waals surface area contributed by atoms with E-state index in [2.05, 4.69) is 31.3 Å². The number of hydrogen-bond donors (Lipinski definition) is 1. The molecular formula is C21H23NO3. The Morgan fingerprint density at radius 1 is 1.08 bits per heavy atom. The molecule has 0 radical (unpaired) electrons. The number of anilines is 1. The molecule has 0 fully saturated rings. The van der Waals surface area contributed by atoms with Crippen LogP contribution < -0.4 is 5.32 Å². The van der Waals surface area contributed by atoms with Crippen molar-refractivity contribution in [2.24, 2.45) is 0 Å². The molecule has 0 saturated carbocycles. The van der Waals surface area contributed by atoms with Crippen LogP contribution in [0.4, 0.5) is 5.69 Å². The molecule has 0 heterocycles. The molecule has 25 heavy (non-hydrogen) atoms. The highest BCUT2D eigenvalue weighted by molar-refractivity contribution is 6.06. The summed E-state index contributed by atoms with van der Waals surface area (Å²) in [7, 11) is 0. The molecule has 4 nitrogen and oxygen atoms in total. The van der Waals surface area contributed by atoms with Gasteiger partial charge in [-0.3, -0.25) is 4.79 Å². The summed E-state index contributed by atoms with van der Waals surface area (Å²) in [4.78, 5) is 24.1. The molecule has 2 aromatic carbocycles. The minimum Gasteiger partial charge on any atom is -0.462 e. The minimum atomic E-state index is -0.452. The number of ether oxygens (including phenoxy) is 1. The summed E-state index contributed by atoms with van der Waals surface area (Å²) in [5.74, 6) is -0.281. The molecule has 0 aliphatic carbocycles. The van der Waals surface area contributed by atoms with Crippen LogP contribution in [0.2, 0.25) is 0 Å². The van der Waals surface area contributed by atoms with E-state index in [-0.39, 0.29) is 12.5 Å². The number of benzene rings is 2. The van der Waals surface area contributed by atoms with Crippen molar-refractivity contribution in [3.8, 4) is 0 Å². The third-order valence-electron chi connectivity index (χ3n) is 3.71. The lowest BCUT2D eigenvalue weighted by atomic mass is 10.0. The Morgan fingerprint density at radius 2 is 1.76 bits per heavy atom. The van der Waals surface area contributed by atoms with Crippen LogP contribution in [0.1, 0.15) is 48.2 Å². The van der Waals surface area contributed by atoms with Crippen LogP contribution in [0.15, 0.2) is 54.6 Å². The van der Waals surface area contributed by atoms with Crippen LogP contribution in [0, 0.1) is 0 Å². The van der Waals surface area contributed by atoms with Crippen molar-refractivity contribution in [2.75, 3.05) is 11.9 Å². The van der Waals surface area contributed by atoms with Gasteiger partial charge in [-0.15, -0.1) is 0 Å². The smallest absolute Gasteiger partial charge is 0.340 e. The average Bonchev–Trinajstić information content (AvgIpc) is 2.61. The van der Waals surface area contributed by atoms with E-state index in [0.29, 0.717) is 17.2 Å². The Morgan fingerprint density at radius 3 is 2.40 bits per heavy atom. The van der Waals surface area contributed by atoms with E-state index in [1.54, 1.807) is 37.3 Å². The molecular weight excluding hydrogens is 314 g/mol. The standard InChI is InChI=1S/C21H23NO3/c1-4-25-21(24)18-7-5-6-8-19(18)22-20(23)14-11-16-9-12-17(13-10-16)15(2)3/h5-15H,4H2,1-3H3,(H,22,23). The normalized spacial score (nSPS) is 10.9. The van der Waals surface area contributed by atoms with Crippen molar-refractivity contribution in [3.05, 3.63) is 71.3 Å². The summed E-state index contributed by atoms with van der Waals surface area (Å²) in [6.45, 7) is 6.30. The fraction of sp³-hybridized carbons (Fsp3) is 0.238. The van der Waals surface area contributed by atoms with Crippen LogP contribution in [0.3, 0.4) is 0 Å². The highest BCUT2D eigenvalue weighted by Crippen LogP contribution is 2.17. The van der Waals surface area contributed by atoms with Crippen LogP contribution in [-0.2, 0) is 9.53 Å². The number of carbonyl (C=O) groups excluding carboxylic acids is 2. The summed E-state index contributed by atoms with van der Waals surface area (Å²) in [6, 6.07) is 14.9. The molecule has 2 aromatic rings. The zero-order valence-electron chi connectivity index (χ0n) is 14.8. The van der Waals surface area contributed by atoms with E-state index in [9.17, 15) is 9.59 Å². The van der Waals surface area contributed by atoms with E-state index in [1.807, 2.05) is 12.1 Å². The molecule has 0 saturated heterocycles. The molecule has 0 bridgehead atoms. The maximum Gasteiger partial charge on any atom is 0.340 e. The first-order valence-electron chi connectivity index (χ1n) is 8.36. The summed E-state index contributed by atoms with van der Waals surface area (Å²) < 4.78 is 5.00. The fourth-order valence-electron chi connectivity index (χ4n) is 2.32. The van der Waals surface area contributed by atoms with Crippen molar-refractivity contribution in [3.63, 3.8) is 0 Å². The molecule has 0 aliphatic heterocycles. The molecule has 2 rings (SSSR count). The van der Waals surface area contributed by atoms with E-state index >= 15 is 0 Å². The predicted octanol–water partition coefficient (Wildman–Crippen LogP) is 4.64. The van der Waals surface area contributed by atoms with Crippen molar-refractivity contribution < 1.29 is 14.3 Å². The van der Waals surface area contributed by atoms with Crippen LogP contribution >= 0.6 is 0 Å². The third-order valence-corrected chi connectivity index (χ3v) is 3.71. The Hall–Kier alpha value is -2.88. The fourth-order valence-corrected chi connectivity index (χ4v) is 2.32. The number of para-hydroxylation sites is 1. The summed E-state index contributed by atoms with van der Waals surface area (Å²) >= 11 is 0. The predicted molar refractivity (Wildman–Crippen MR) is 101 cm³/mol. The molecule has 4 heteroatoms. The van der Waals surface area contributed by atoms with E-state index in [0.717, 1.165) is 5.56 Å². The maximum atomic E-state index is 12.1. The largest absolute Gasteiger partial charge is 0.462 e. The number of rotatable bonds is 6. The number of carbonyl (C=O) groups is 2. The Bertz CT molecular complexity index is 761. The summed E-state index contributed by atoms with van der Waals surface area (Å²) in [5.41, 5.74) is 2.97. The van der Waals surface area contributed by atoms with Gasteiger partial charge in [0, 0.05) is 6.08 Å². The van der Waals surface area contributed by atoms with Crippen molar-refractivity contribution in [2.45, 2.75) is 26.7 Å². The van der Waals surface area contributed by atoms with Crippen LogP contribution in [0.25, 0.3) is 6.08 Å². The first kappa shape index (κ1) is 18.5. The van der Waals surface area contributed by atoms with Gasteiger partial charge < -0.3 is 10.1 Å². The highest BCUT2D eigenvalue weighted by atomic mass is 16.5. The van der Waals surface area contributed by atoms with Crippen LogP contribution in [-0.4, -0.2) is 18.5 Å². The quantitative estimate of drug-likeness (QED) is 0.617. The number of hydrogen-bond acceptors (Lipinski definition) is 3. The Labute approximate surface area is 148 Å². The SMILES string of the molecule is CCOC(=O)c1ccccc1NC(=O)C=Cc1ccc(C(C)C)cc1. The van der Waals surface area contributed by atoms with Gasteiger partial charge in [0.2, 0.25) is 5.91 Å². The first-order chi connectivity index (χ1) is 12.0. The van der Waals surface area contributed by atoms with Gasteiger partial charge in [0.15, 0.2) is 0 Å². The lowest BCUT2D eigenvalue weighted by molar-refractivity contribution is -0.111. The lowest BCUT2D eigenvalue weighted by Crippen LogP contribution is -2.13. The zero-order valence-corrected chi connectivity index (χ0v) is 14.8. The van der Waals surface area contributed by atoms with Crippen molar-refractivity contribution >= 4 is 23.6 Å². The third kappa shape index (κ3) is 5.31. The molecule has 0 atom stereocenters. The second-order valence-corrected chi connectivity index (χ2v) is 5.91. The van der Waals surface area contributed by atoms with Gasteiger partial charge in [0.05, 0.1) is 17.9 Å². The average molecular weight is 337 g/mol. The molecule has 1 N–H and O–H groups in total. The van der Waals surface area contributed by atoms with Crippen molar-refractivity contribution in [1.29, 1.82) is 0 Å². The molecule has 1 amide bonds. The number of amides is 1. The molecule has 0 aliphatic rings. The first-order valence-corrected chi connectivity index (χ1v) is 8.36. The number of nitrogens with one attached hydrogen (secondary N) is 1. The topological polar surface area (TPSA) is 55.4 Å². The molecule has 0 spiro atoms. The van der Waals surface area contributed by atoms with Gasteiger partial charge in [-0.1, -0.05) is 50.2 Å². The van der Waals surface area contributed by atoms with Gasteiger partial charge in [-0.2, -0.15) is 0 Å². The lowest BCUT2D eigenvalue weighted by Gasteiger charge is -2.08. The Kier molecular flexibility index (Phi) is 6.52. The monoisotopic (exact) mass is 337 g/mol. The van der Waals surface area contributed by atoms with Gasteiger partial charge in [0.1, 0.15) is 0 Å². The highest BCUT2D eigenvalue weighted by Gasteiger charge is 2.12. The van der Waals surface area contributed by atoms with Gasteiger partial charge >= 0.3 is 5.97 Å². The summed E-state index contributed by atoms with van der Waals surface area (Å²) in [5, 5.41) is 2.72. The molecule has 0 aromatic heterocycles. The Balaban J connectivity index is 2.06. The van der Waals surface area contributed by atoms with Gasteiger partial charge in [-0.25, -0.2) is 4.79 Å². The second kappa shape index (κ2) is 8.83. The summed E-state index contributed by atoms with van der Waals surface area (Å²) in [6.07, 6.45) is 3.19. The molecule has 130 valence electrons. The van der Waals surface area contributed by atoms with Crippen LogP contribution in [0.5, 0.6) is 0 Å². The van der Waals surface area contributed by atoms with Gasteiger partial charge in [0.25, 0.3) is 0 Å². The van der Waals surface area contributed by atoms with Crippen molar-refractivity contribution in [1.82, 2.24) is 0 Å². The minimum absolute atomic E-state index is 0.285. The molecule has 0 unspecified atom stereocenters. The number of esters is 1. The maximum absolute atomic E-state index is 12.1. The van der Waals surface area contributed by atoms with Gasteiger partial charge in [-0.05, 0) is 42.2 Å². The van der Waals surface area contributed by atoms with E-state index in [4.69, 9.17) is 4.74 Å². The van der Waals surface area contributed by atoms with E-state index < -0.39 is 5.97 Å². The second-order valence-electron chi connectivity index (χ2n) is 5.91.